The number of anilines is 5. The number of nitrogens with zero attached hydrogens (tertiary/aromatic N) is 2. The van der Waals surface area contributed by atoms with Crippen LogP contribution >= 0.6 is 0 Å². The Kier molecular flexibility index (Phi) is 13.1. The van der Waals surface area contributed by atoms with Gasteiger partial charge >= 0.3 is 6.03 Å². The summed E-state index contributed by atoms with van der Waals surface area (Å²) < 4.78 is 44.3. The smallest absolute Gasteiger partial charge is 0.323 e. The lowest BCUT2D eigenvalue weighted by molar-refractivity contribution is -0.0214. The molecular formula is C44H53N7O8S. The number of hydrogen-bond donors (Lipinski definition) is 6. The van der Waals surface area contributed by atoms with Crippen LogP contribution in [-0.2, 0) is 15.4 Å². The molecule has 0 radical (unpaired) electrons. The minimum atomic E-state index is -3.65. The van der Waals surface area contributed by atoms with Crippen LogP contribution < -0.4 is 40.2 Å². The predicted molar refractivity (Wildman–Crippen MR) is 236 cm³/mol. The Morgan fingerprint density at radius 1 is 0.867 bits per heavy atom. The lowest BCUT2D eigenvalue weighted by Crippen LogP contribution is -2.44. The average molecular weight is 840 g/mol. The highest BCUT2D eigenvalue weighted by Crippen LogP contribution is 2.40. The molecule has 6 rings (SSSR count). The molecule has 1 aliphatic heterocycles. The summed E-state index contributed by atoms with van der Waals surface area (Å²) in [4.78, 5) is 33.2. The van der Waals surface area contributed by atoms with Crippen LogP contribution in [0.25, 0.3) is 10.8 Å². The van der Waals surface area contributed by atoms with E-state index in [9.17, 15) is 23.1 Å². The van der Waals surface area contributed by atoms with Crippen molar-refractivity contribution in [2.24, 2.45) is 0 Å². The maximum absolute atomic E-state index is 13.5. The van der Waals surface area contributed by atoms with Crippen LogP contribution in [0, 0.1) is 0 Å². The van der Waals surface area contributed by atoms with Crippen molar-refractivity contribution >= 4 is 61.3 Å². The maximum Gasteiger partial charge on any atom is 0.323 e. The van der Waals surface area contributed by atoms with E-state index in [2.05, 4.69) is 35.9 Å². The van der Waals surface area contributed by atoms with Crippen molar-refractivity contribution in [3.05, 3.63) is 96.2 Å². The summed E-state index contributed by atoms with van der Waals surface area (Å²) in [5.41, 5.74) is 1.64. The summed E-state index contributed by atoms with van der Waals surface area (Å²) in [6, 6.07) is 22.5. The Morgan fingerprint density at radius 2 is 1.57 bits per heavy atom. The summed E-state index contributed by atoms with van der Waals surface area (Å²) in [6.07, 6.45) is 4.48. The third kappa shape index (κ3) is 10.9. The number of hydrogen-bond acceptors (Lipinski definition) is 11. The second-order valence-electron chi connectivity index (χ2n) is 16.0. The fraction of sp³-hybridized carbons (Fsp3) is 0.341. The first kappa shape index (κ1) is 43.5. The second kappa shape index (κ2) is 18.0. The number of nitrogens with one attached hydrogen (secondary N) is 5. The fourth-order valence-electron chi connectivity index (χ4n) is 6.96. The molecule has 0 aliphatic carbocycles. The molecule has 1 fully saturated rings. The van der Waals surface area contributed by atoms with Gasteiger partial charge in [-0.1, -0.05) is 45.0 Å². The van der Waals surface area contributed by atoms with Gasteiger partial charge in [0.15, 0.2) is 5.75 Å². The number of fused-ring (bicyclic) bond motifs is 1. The monoisotopic (exact) mass is 839 g/mol. The van der Waals surface area contributed by atoms with Gasteiger partial charge in [0.05, 0.1) is 48.7 Å². The van der Waals surface area contributed by atoms with E-state index in [4.69, 9.17) is 14.2 Å². The molecule has 2 heterocycles. The number of carbonyl (C=O) groups is 2. The molecule has 1 aromatic heterocycles. The molecule has 0 unspecified atom stereocenters. The molecule has 5 aromatic rings. The van der Waals surface area contributed by atoms with Crippen LogP contribution in [0.4, 0.5) is 33.4 Å². The quantitative estimate of drug-likeness (QED) is 0.0643. The molecule has 0 spiro atoms. The fourth-order valence-corrected chi connectivity index (χ4v) is 7.51. The number of aromatic nitrogens is 1. The minimum absolute atomic E-state index is 0.165. The van der Waals surface area contributed by atoms with E-state index in [1.807, 2.05) is 52.1 Å². The first-order chi connectivity index (χ1) is 28.4. The number of sulfonamides is 1. The van der Waals surface area contributed by atoms with E-state index in [1.165, 1.54) is 14.2 Å². The van der Waals surface area contributed by atoms with Crippen molar-refractivity contribution in [3.8, 4) is 23.0 Å². The van der Waals surface area contributed by atoms with Gasteiger partial charge in [-0.25, -0.2) is 18.2 Å². The zero-order valence-electron chi connectivity index (χ0n) is 34.9. The third-order valence-electron chi connectivity index (χ3n) is 10.3. The van der Waals surface area contributed by atoms with Gasteiger partial charge in [-0.2, -0.15) is 0 Å². The molecular weight excluding hydrogens is 787 g/mol. The average Bonchev–Trinajstić information content (AvgIpc) is 3.19. The van der Waals surface area contributed by atoms with Crippen LogP contribution in [0.15, 0.2) is 85.1 Å². The Bertz CT molecular complexity index is 2480. The number of pyridine rings is 1. The SMILES string of the molecule is COc1cc(Nc2cc(Oc3ccc(NC(=O)Nc4cc(C(C)(C)C)cc(NS(C)(=O)=O)c4OC)c4ccccc34)ccn2)ccc1C(=O)NCCC1(O)CCN(C)CC1. The third-order valence-corrected chi connectivity index (χ3v) is 10.9. The highest BCUT2D eigenvalue weighted by molar-refractivity contribution is 7.92. The number of piperidine rings is 1. The highest BCUT2D eigenvalue weighted by atomic mass is 32.2. The van der Waals surface area contributed by atoms with Crippen LogP contribution in [0.1, 0.15) is 56.0 Å². The standard InChI is InChI=1S/C44H53N7O8S/c1-43(2,3)28-24-35(40(58-6)36(25-28)50-60(7,55)56)49-42(53)48-34-14-15-37(32-11-9-8-10-31(32)34)59-30-16-20-45-39(27-30)47-29-12-13-33(38(26-29)57-5)41(52)46-21-17-44(54)18-22-51(4)23-19-44/h8-16,20,24-27,50,54H,17-19,21-23H2,1-7H3,(H,45,47)(H,46,52)(H2,48,49,53). The van der Waals surface area contributed by atoms with Crippen LogP contribution in [0.2, 0.25) is 0 Å². The Hall–Kier alpha value is -6.10. The minimum Gasteiger partial charge on any atom is -0.496 e. The molecule has 0 saturated carbocycles. The molecule has 6 N–H and O–H groups in total. The van der Waals surface area contributed by atoms with E-state index in [0.717, 1.165) is 30.3 Å². The molecule has 1 saturated heterocycles. The van der Waals surface area contributed by atoms with E-state index >= 15 is 0 Å². The molecule has 318 valence electrons. The highest BCUT2D eigenvalue weighted by Gasteiger charge is 2.31. The molecule has 0 bridgehead atoms. The number of carbonyl (C=O) groups excluding carboxylic acids is 2. The lowest BCUT2D eigenvalue weighted by atomic mass is 9.86. The van der Waals surface area contributed by atoms with Crippen molar-refractivity contribution in [1.29, 1.82) is 0 Å². The number of benzene rings is 4. The molecule has 15 nitrogen and oxygen atoms in total. The topological polar surface area (TPSA) is 192 Å². The summed E-state index contributed by atoms with van der Waals surface area (Å²) >= 11 is 0. The summed E-state index contributed by atoms with van der Waals surface area (Å²) in [7, 11) is 1.29. The predicted octanol–water partition coefficient (Wildman–Crippen LogP) is 7.68. The van der Waals surface area contributed by atoms with E-state index in [1.54, 1.807) is 60.8 Å². The molecule has 1 aliphatic rings. The van der Waals surface area contributed by atoms with Gasteiger partial charge in [0, 0.05) is 54.4 Å². The molecule has 0 atom stereocenters. The first-order valence-corrected chi connectivity index (χ1v) is 21.4. The summed E-state index contributed by atoms with van der Waals surface area (Å²) in [5.74, 6) is 1.76. The Balaban J connectivity index is 1.14. The number of aliphatic hydroxyl groups is 1. The first-order valence-electron chi connectivity index (χ1n) is 19.5. The number of amides is 3. The van der Waals surface area contributed by atoms with E-state index in [0.29, 0.717) is 71.2 Å². The molecule has 60 heavy (non-hydrogen) atoms. The van der Waals surface area contributed by atoms with Gasteiger partial charge in [-0.05, 0) is 79.8 Å². The molecule has 3 amide bonds. The van der Waals surface area contributed by atoms with Crippen LogP contribution in [-0.4, -0.2) is 88.1 Å². The van der Waals surface area contributed by atoms with Gasteiger partial charge in [-0.3, -0.25) is 9.52 Å². The second-order valence-corrected chi connectivity index (χ2v) is 17.8. The van der Waals surface area contributed by atoms with Gasteiger partial charge < -0.3 is 45.5 Å². The van der Waals surface area contributed by atoms with Gasteiger partial charge in [0.2, 0.25) is 10.0 Å². The van der Waals surface area contributed by atoms with Crippen LogP contribution in [0.5, 0.6) is 23.0 Å². The van der Waals surface area contributed by atoms with Crippen molar-refractivity contribution < 1.29 is 37.3 Å². The zero-order chi connectivity index (χ0) is 43.2. The van der Waals surface area contributed by atoms with Crippen molar-refractivity contribution in [2.75, 3.05) is 67.8 Å². The Morgan fingerprint density at radius 3 is 2.25 bits per heavy atom. The maximum atomic E-state index is 13.5. The summed E-state index contributed by atoms with van der Waals surface area (Å²) in [6.45, 7) is 7.94. The number of rotatable bonds is 14. The largest absolute Gasteiger partial charge is 0.496 e. The number of methoxy groups -OCH3 is 2. The lowest BCUT2D eigenvalue weighted by Gasteiger charge is -2.36. The van der Waals surface area contributed by atoms with E-state index < -0.39 is 21.7 Å². The zero-order valence-corrected chi connectivity index (χ0v) is 35.7. The number of ether oxygens (including phenoxy) is 3. The van der Waals surface area contributed by atoms with Gasteiger partial charge in [0.1, 0.15) is 23.1 Å². The molecule has 16 heteroatoms. The summed E-state index contributed by atoms with van der Waals surface area (Å²) in [5, 5.41) is 24.3. The molecule has 4 aromatic carbocycles. The van der Waals surface area contributed by atoms with E-state index in [-0.39, 0.29) is 28.4 Å². The van der Waals surface area contributed by atoms with Gasteiger partial charge in [0.25, 0.3) is 5.91 Å². The normalized spacial score (nSPS) is 14.2. The van der Waals surface area contributed by atoms with Crippen LogP contribution in [0.3, 0.4) is 0 Å². The number of likely N-dealkylation sites (tertiary alicyclic amines) is 1. The van der Waals surface area contributed by atoms with Crippen molar-refractivity contribution in [2.45, 2.75) is 51.0 Å². The van der Waals surface area contributed by atoms with Crippen molar-refractivity contribution in [3.63, 3.8) is 0 Å². The Labute approximate surface area is 350 Å². The van der Waals surface area contributed by atoms with Gasteiger partial charge in [-0.15, -0.1) is 0 Å². The number of urea groups is 1. The van der Waals surface area contributed by atoms with Crippen molar-refractivity contribution in [1.82, 2.24) is 15.2 Å².